The van der Waals surface area contributed by atoms with Crippen molar-refractivity contribution in [2.24, 2.45) is 5.41 Å². The molecule has 4 heteroatoms. The van der Waals surface area contributed by atoms with Crippen molar-refractivity contribution in [3.05, 3.63) is 0 Å². The van der Waals surface area contributed by atoms with Gasteiger partial charge in [0.15, 0.2) is 0 Å². The fourth-order valence-electron chi connectivity index (χ4n) is 1.59. The highest BCUT2D eigenvalue weighted by molar-refractivity contribution is 5.86. The molecule has 0 radical (unpaired) electrons. The minimum atomic E-state index is -0.506. The molecule has 104 valence electrons. The molecule has 1 saturated carbocycles. The van der Waals surface area contributed by atoms with E-state index < -0.39 is 11.7 Å². The number of ketones is 1. The molecular weight excluding hydrogens is 230 g/mol. The van der Waals surface area contributed by atoms with Crippen LogP contribution in [0.1, 0.15) is 60.8 Å². The molecule has 1 amide bonds. The molecule has 0 bridgehead atoms. The van der Waals surface area contributed by atoms with Crippen molar-refractivity contribution in [1.29, 1.82) is 0 Å². The Kier molecular flexibility index (Phi) is 3.80. The lowest BCUT2D eigenvalue weighted by Gasteiger charge is -2.25. The van der Waals surface area contributed by atoms with Gasteiger partial charge in [-0.15, -0.1) is 0 Å². The first kappa shape index (κ1) is 15.0. The van der Waals surface area contributed by atoms with Crippen LogP contribution in [0, 0.1) is 5.41 Å². The Morgan fingerprint density at radius 1 is 1.11 bits per heavy atom. The van der Waals surface area contributed by atoms with Gasteiger partial charge in [0.1, 0.15) is 11.4 Å². The quantitative estimate of drug-likeness (QED) is 0.843. The van der Waals surface area contributed by atoms with E-state index in [0.717, 1.165) is 12.8 Å². The van der Waals surface area contributed by atoms with Crippen LogP contribution >= 0.6 is 0 Å². The summed E-state index contributed by atoms with van der Waals surface area (Å²) < 4.78 is 5.22. The van der Waals surface area contributed by atoms with Crippen molar-refractivity contribution in [2.45, 2.75) is 71.9 Å². The molecule has 1 aliphatic rings. The number of carbonyl (C=O) groups excluding carboxylic acids is 2. The molecule has 0 aromatic rings. The van der Waals surface area contributed by atoms with E-state index in [4.69, 9.17) is 4.74 Å². The third-order valence-electron chi connectivity index (χ3n) is 2.96. The van der Waals surface area contributed by atoms with Gasteiger partial charge in [-0.2, -0.15) is 0 Å². The fraction of sp³-hybridized carbons (Fsp3) is 0.857. The molecular formula is C14H25NO3. The maximum atomic E-state index is 12.0. The summed E-state index contributed by atoms with van der Waals surface area (Å²) in [4.78, 5) is 23.7. The summed E-state index contributed by atoms with van der Waals surface area (Å²) in [6, 6.07) is 0. The molecule has 0 aromatic heterocycles. The summed E-state index contributed by atoms with van der Waals surface area (Å²) in [6.07, 6.45) is 1.68. The summed E-state index contributed by atoms with van der Waals surface area (Å²) in [6.45, 7) is 11.2. The average molecular weight is 255 g/mol. The standard InChI is InChI=1S/C14H25NO3/c1-12(2,3)10(16)9-14(7-8-14)15-11(17)18-13(4,5)6/h7-9H2,1-6H3,(H,15,17). The maximum absolute atomic E-state index is 12.0. The van der Waals surface area contributed by atoms with Crippen LogP contribution in [-0.2, 0) is 9.53 Å². The highest BCUT2D eigenvalue weighted by Gasteiger charge is 2.47. The number of ether oxygens (including phenoxy) is 1. The Labute approximate surface area is 109 Å². The molecule has 0 unspecified atom stereocenters. The van der Waals surface area contributed by atoms with Gasteiger partial charge >= 0.3 is 6.09 Å². The second-order valence-electron chi connectivity index (χ2n) is 7.26. The van der Waals surface area contributed by atoms with E-state index in [0.29, 0.717) is 6.42 Å². The molecule has 0 saturated heterocycles. The summed E-state index contributed by atoms with van der Waals surface area (Å²) in [5, 5.41) is 2.84. The molecule has 1 fully saturated rings. The Balaban J connectivity index is 2.52. The van der Waals surface area contributed by atoms with Crippen LogP contribution in [0.3, 0.4) is 0 Å². The van der Waals surface area contributed by atoms with Gasteiger partial charge in [0.05, 0.1) is 5.54 Å². The zero-order valence-electron chi connectivity index (χ0n) is 12.3. The summed E-state index contributed by atoms with van der Waals surface area (Å²) in [7, 11) is 0. The molecule has 0 atom stereocenters. The van der Waals surface area contributed by atoms with Crippen LogP contribution in [-0.4, -0.2) is 23.0 Å². The third-order valence-corrected chi connectivity index (χ3v) is 2.96. The van der Waals surface area contributed by atoms with Gasteiger partial charge in [-0.1, -0.05) is 20.8 Å². The molecule has 1 aliphatic carbocycles. The molecule has 0 aliphatic heterocycles. The molecule has 1 N–H and O–H groups in total. The molecule has 18 heavy (non-hydrogen) atoms. The van der Waals surface area contributed by atoms with Gasteiger partial charge in [-0.25, -0.2) is 4.79 Å². The van der Waals surface area contributed by atoms with Crippen molar-refractivity contribution in [3.8, 4) is 0 Å². The van der Waals surface area contributed by atoms with Crippen LogP contribution in [0.15, 0.2) is 0 Å². The van der Waals surface area contributed by atoms with E-state index in [-0.39, 0.29) is 16.7 Å². The van der Waals surface area contributed by atoms with Crippen molar-refractivity contribution >= 4 is 11.9 Å². The number of nitrogens with one attached hydrogen (secondary N) is 1. The van der Waals surface area contributed by atoms with Gasteiger partial charge < -0.3 is 10.1 Å². The van der Waals surface area contributed by atoms with Crippen LogP contribution in [0.25, 0.3) is 0 Å². The molecule has 0 aromatic carbocycles. The number of amides is 1. The molecule has 1 rings (SSSR count). The molecule has 4 nitrogen and oxygen atoms in total. The van der Waals surface area contributed by atoms with Gasteiger partial charge in [0, 0.05) is 11.8 Å². The van der Waals surface area contributed by atoms with Gasteiger partial charge in [-0.3, -0.25) is 4.79 Å². The first-order valence-electron chi connectivity index (χ1n) is 6.48. The van der Waals surface area contributed by atoms with E-state index in [1.54, 1.807) is 0 Å². The lowest BCUT2D eigenvalue weighted by atomic mass is 9.86. The highest BCUT2D eigenvalue weighted by atomic mass is 16.6. The minimum Gasteiger partial charge on any atom is -0.444 e. The number of hydrogen-bond donors (Lipinski definition) is 1. The van der Waals surface area contributed by atoms with Gasteiger partial charge in [0.2, 0.25) is 0 Å². The number of rotatable bonds is 3. The topological polar surface area (TPSA) is 55.4 Å². The lowest BCUT2D eigenvalue weighted by Crippen LogP contribution is -2.43. The third kappa shape index (κ3) is 4.67. The summed E-state index contributed by atoms with van der Waals surface area (Å²) >= 11 is 0. The van der Waals surface area contributed by atoms with Gasteiger partial charge in [0.25, 0.3) is 0 Å². The molecule has 0 heterocycles. The highest BCUT2D eigenvalue weighted by Crippen LogP contribution is 2.41. The predicted molar refractivity (Wildman–Crippen MR) is 70.4 cm³/mol. The Hall–Kier alpha value is -1.06. The summed E-state index contributed by atoms with van der Waals surface area (Å²) in [5.74, 6) is 0.177. The van der Waals surface area contributed by atoms with Crippen LogP contribution in [0.5, 0.6) is 0 Å². The van der Waals surface area contributed by atoms with E-state index >= 15 is 0 Å². The zero-order chi connectivity index (χ0) is 14.2. The van der Waals surface area contributed by atoms with E-state index in [9.17, 15) is 9.59 Å². The van der Waals surface area contributed by atoms with Crippen molar-refractivity contribution in [2.75, 3.05) is 0 Å². The Morgan fingerprint density at radius 3 is 1.94 bits per heavy atom. The van der Waals surface area contributed by atoms with Crippen LogP contribution in [0.4, 0.5) is 4.79 Å². The van der Waals surface area contributed by atoms with Crippen molar-refractivity contribution < 1.29 is 14.3 Å². The Bertz CT molecular complexity index is 343. The Morgan fingerprint density at radius 2 is 1.61 bits per heavy atom. The van der Waals surface area contributed by atoms with Crippen molar-refractivity contribution in [1.82, 2.24) is 5.32 Å². The second kappa shape index (κ2) is 4.56. The average Bonchev–Trinajstić information content (AvgIpc) is 2.78. The van der Waals surface area contributed by atoms with Gasteiger partial charge in [-0.05, 0) is 33.6 Å². The first-order chi connectivity index (χ1) is 7.94. The maximum Gasteiger partial charge on any atom is 0.408 e. The smallest absolute Gasteiger partial charge is 0.408 e. The molecule has 0 spiro atoms. The number of alkyl carbamates (subject to hydrolysis) is 1. The van der Waals surface area contributed by atoms with E-state index in [1.165, 1.54) is 0 Å². The largest absolute Gasteiger partial charge is 0.444 e. The van der Waals surface area contributed by atoms with E-state index in [2.05, 4.69) is 5.32 Å². The van der Waals surface area contributed by atoms with Crippen LogP contribution in [0.2, 0.25) is 0 Å². The number of Topliss-reactive ketones (excluding diaryl/α,β-unsaturated/α-hetero) is 1. The fourth-order valence-corrected chi connectivity index (χ4v) is 1.59. The number of carbonyl (C=O) groups is 2. The zero-order valence-corrected chi connectivity index (χ0v) is 12.3. The first-order valence-corrected chi connectivity index (χ1v) is 6.48. The monoisotopic (exact) mass is 255 g/mol. The second-order valence-corrected chi connectivity index (χ2v) is 7.26. The number of hydrogen-bond acceptors (Lipinski definition) is 3. The van der Waals surface area contributed by atoms with E-state index in [1.807, 2.05) is 41.5 Å². The summed E-state index contributed by atoms with van der Waals surface area (Å²) in [5.41, 5.74) is -1.22. The normalized spacial score (nSPS) is 18.1. The SMILES string of the molecule is CC(C)(C)OC(=O)NC1(CC(=O)C(C)(C)C)CC1. The minimum absolute atomic E-state index is 0.177. The van der Waals surface area contributed by atoms with Crippen LogP contribution < -0.4 is 5.32 Å². The van der Waals surface area contributed by atoms with Crippen molar-refractivity contribution in [3.63, 3.8) is 0 Å². The lowest BCUT2D eigenvalue weighted by molar-refractivity contribution is -0.126. The predicted octanol–water partition coefficient (Wildman–Crippen LogP) is 3.05.